The van der Waals surface area contributed by atoms with Gasteiger partial charge in [0.15, 0.2) is 0 Å². The monoisotopic (exact) mass is 249 g/mol. The number of carbonyl (C=O) groups excluding carboxylic acids is 1. The molecule has 0 radical (unpaired) electrons. The number of hydrogen-bond donors (Lipinski definition) is 1. The molecule has 1 fully saturated rings. The van der Waals surface area contributed by atoms with Crippen molar-refractivity contribution in [3.8, 4) is 0 Å². The van der Waals surface area contributed by atoms with Gasteiger partial charge in [-0.05, 0) is 25.5 Å². The van der Waals surface area contributed by atoms with Crippen LogP contribution < -0.4 is 10.6 Å². The summed E-state index contributed by atoms with van der Waals surface area (Å²) < 4.78 is 0. The molecular formula is C12H15N3O3. The zero-order valence-corrected chi connectivity index (χ0v) is 10.1. The largest absolute Gasteiger partial charge is 0.330 e. The lowest BCUT2D eigenvalue weighted by Gasteiger charge is -2.16. The van der Waals surface area contributed by atoms with Crippen molar-refractivity contribution in [1.82, 2.24) is 0 Å². The molecule has 1 saturated heterocycles. The Labute approximate surface area is 105 Å². The minimum Gasteiger partial charge on any atom is -0.330 e. The van der Waals surface area contributed by atoms with E-state index in [0.29, 0.717) is 30.8 Å². The number of nitrogens with two attached hydrogens (primary N) is 1. The molecule has 0 saturated carbocycles. The number of nitro groups is 1. The van der Waals surface area contributed by atoms with E-state index < -0.39 is 4.92 Å². The normalized spacial score (nSPS) is 19.3. The van der Waals surface area contributed by atoms with Crippen molar-refractivity contribution in [2.45, 2.75) is 13.3 Å². The van der Waals surface area contributed by atoms with Gasteiger partial charge in [0.25, 0.3) is 5.69 Å². The quantitative estimate of drug-likeness (QED) is 0.644. The molecule has 6 heteroatoms. The number of carbonyl (C=O) groups is 1. The molecule has 1 aliphatic heterocycles. The first-order valence-corrected chi connectivity index (χ1v) is 5.78. The summed E-state index contributed by atoms with van der Waals surface area (Å²) in [6.07, 6.45) is 0.415. The average molecular weight is 249 g/mol. The Bertz CT molecular complexity index is 501. The van der Waals surface area contributed by atoms with Gasteiger partial charge >= 0.3 is 0 Å². The second kappa shape index (κ2) is 4.73. The maximum Gasteiger partial charge on any atom is 0.274 e. The number of nitrogens with zero attached hydrogens (tertiary/aromatic N) is 2. The highest BCUT2D eigenvalue weighted by Gasteiger charge is 2.30. The molecule has 0 spiro atoms. The van der Waals surface area contributed by atoms with Crippen LogP contribution in [0.25, 0.3) is 0 Å². The van der Waals surface area contributed by atoms with Crippen molar-refractivity contribution >= 4 is 17.3 Å². The van der Waals surface area contributed by atoms with Crippen molar-refractivity contribution < 1.29 is 9.72 Å². The zero-order valence-electron chi connectivity index (χ0n) is 10.1. The first-order chi connectivity index (χ1) is 8.52. The zero-order chi connectivity index (χ0) is 13.3. The molecule has 0 bridgehead atoms. The smallest absolute Gasteiger partial charge is 0.274 e. The molecular weight excluding hydrogens is 234 g/mol. The number of aryl methyl sites for hydroxylation is 1. The predicted molar refractivity (Wildman–Crippen MR) is 67.3 cm³/mol. The topological polar surface area (TPSA) is 89.5 Å². The van der Waals surface area contributed by atoms with Gasteiger partial charge in [-0.15, -0.1) is 0 Å². The summed E-state index contributed by atoms with van der Waals surface area (Å²) in [5, 5.41) is 10.9. The summed E-state index contributed by atoms with van der Waals surface area (Å²) in [4.78, 5) is 23.8. The summed E-state index contributed by atoms with van der Waals surface area (Å²) in [6, 6.07) is 4.85. The van der Waals surface area contributed by atoms with Gasteiger partial charge in [0, 0.05) is 24.6 Å². The Morgan fingerprint density at radius 3 is 2.83 bits per heavy atom. The Hall–Kier alpha value is -1.95. The maximum absolute atomic E-state index is 11.8. The Morgan fingerprint density at radius 2 is 2.28 bits per heavy atom. The van der Waals surface area contributed by atoms with Crippen molar-refractivity contribution in [3.05, 3.63) is 33.9 Å². The Morgan fingerprint density at radius 1 is 1.56 bits per heavy atom. The van der Waals surface area contributed by atoms with Gasteiger partial charge in [-0.3, -0.25) is 14.9 Å². The number of amides is 1. The van der Waals surface area contributed by atoms with Gasteiger partial charge in [0.2, 0.25) is 5.91 Å². The van der Waals surface area contributed by atoms with E-state index in [1.165, 1.54) is 6.07 Å². The van der Waals surface area contributed by atoms with Gasteiger partial charge in [0.05, 0.1) is 10.6 Å². The van der Waals surface area contributed by atoms with Gasteiger partial charge in [-0.2, -0.15) is 0 Å². The molecule has 1 aliphatic rings. The third-order valence-electron chi connectivity index (χ3n) is 3.24. The summed E-state index contributed by atoms with van der Waals surface area (Å²) >= 11 is 0. The number of hydrogen-bond acceptors (Lipinski definition) is 4. The van der Waals surface area contributed by atoms with Gasteiger partial charge in [0.1, 0.15) is 0 Å². The van der Waals surface area contributed by atoms with E-state index in [0.717, 1.165) is 0 Å². The molecule has 1 aromatic carbocycles. The molecule has 2 rings (SSSR count). The van der Waals surface area contributed by atoms with E-state index in [4.69, 9.17) is 5.73 Å². The summed E-state index contributed by atoms with van der Waals surface area (Å²) in [5.41, 5.74) is 6.76. The molecule has 2 N–H and O–H groups in total. The predicted octanol–water partition coefficient (Wildman–Crippen LogP) is 1.21. The van der Waals surface area contributed by atoms with Gasteiger partial charge in [-0.1, -0.05) is 6.07 Å². The number of nitro benzene ring substituents is 1. The van der Waals surface area contributed by atoms with Crippen LogP contribution in [0.3, 0.4) is 0 Å². The number of rotatable bonds is 3. The van der Waals surface area contributed by atoms with Crippen molar-refractivity contribution in [2.24, 2.45) is 11.7 Å². The molecule has 1 atom stereocenters. The minimum absolute atomic E-state index is 0.0244. The molecule has 1 unspecified atom stereocenters. The molecule has 0 aromatic heterocycles. The van der Waals surface area contributed by atoms with Crippen LogP contribution in [0.2, 0.25) is 0 Å². The van der Waals surface area contributed by atoms with E-state index in [1.807, 2.05) is 0 Å². The molecule has 1 amide bonds. The van der Waals surface area contributed by atoms with E-state index in [1.54, 1.807) is 24.0 Å². The third kappa shape index (κ3) is 2.19. The lowest BCUT2D eigenvalue weighted by Crippen LogP contribution is -2.25. The minimum atomic E-state index is -0.431. The highest BCUT2D eigenvalue weighted by atomic mass is 16.6. The van der Waals surface area contributed by atoms with Crippen LogP contribution >= 0.6 is 0 Å². The third-order valence-corrected chi connectivity index (χ3v) is 3.24. The molecule has 0 aliphatic carbocycles. The molecule has 96 valence electrons. The Kier molecular flexibility index (Phi) is 3.29. The standard InChI is InChI=1S/C12H15N3O3/c1-8-2-3-10(5-11(8)15(17)18)14-7-9(6-13)4-12(14)16/h2-3,5,9H,4,6-7,13H2,1H3. The molecule has 1 aromatic rings. The SMILES string of the molecule is Cc1ccc(N2CC(CN)CC2=O)cc1[N+](=O)[O-]. The van der Waals surface area contributed by atoms with Gasteiger partial charge < -0.3 is 10.6 Å². The fourth-order valence-corrected chi connectivity index (χ4v) is 2.15. The fourth-order valence-electron chi connectivity index (χ4n) is 2.15. The van der Waals surface area contributed by atoms with Crippen LogP contribution in [0.5, 0.6) is 0 Å². The fraction of sp³-hybridized carbons (Fsp3) is 0.417. The van der Waals surface area contributed by atoms with Crippen molar-refractivity contribution in [2.75, 3.05) is 18.0 Å². The van der Waals surface area contributed by atoms with Crippen molar-refractivity contribution in [3.63, 3.8) is 0 Å². The van der Waals surface area contributed by atoms with Crippen LogP contribution in [0.4, 0.5) is 11.4 Å². The van der Waals surface area contributed by atoms with Crippen LogP contribution in [-0.4, -0.2) is 23.9 Å². The lowest BCUT2D eigenvalue weighted by molar-refractivity contribution is -0.385. The molecule has 1 heterocycles. The van der Waals surface area contributed by atoms with Gasteiger partial charge in [-0.25, -0.2) is 0 Å². The maximum atomic E-state index is 11.8. The second-order valence-electron chi connectivity index (χ2n) is 4.54. The van der Waals surface area contributed by atoms with Crippen LogP contribution in [-0.2, 0) is 4.79 Å². The molecule has 18 heavy (non-hydrogen) atoms. The highest BCUT2D eigenvalue weighted by molar-refractivity contribution is 5.96. The van der Waals surface area contributed by atoms with Crippen LogP contribution in [0.15, 0.2) is 18.2 Å². The first kappa shape index (κ1) is 12.5. The van der Waals surface area contributed by atoms with Crippen LogP contribution in [0.1, 0.15) is 12.0 Å². The summed E-state index contributed by atoms with van der Waals surface area (Å²) in [6.45, 7) is 2.67. The number of benzene rings is 1. The van der Waals surface area contributed by atoms with Crippen molar-refractivity contribution in [1.29, 1.82) is 0 Å². The average Bonchev–Trinajstić information content (AvgIpc) is 2.71. The lowest BCUT2D eigenvalue weighted by atomic mass is 10.1. The van der Waals surface area contributed by atoms with E-state index >= 15 is 0 Å². The Balaban J connectivity index is 2.32. The first-order valence-electron chi connectivity index (χ1n) is 5.78. The van der Waals surface area contributed by atoms with E-state index in [2.05, 4.69) is 0 Å². The van der Waals surface area contributed by atoms with Crippen LogP contribution in [0, 0.1) is 23.0 Å². The van der Waals surface area contributed by atoms with E-state index in [9.17, 15) is 14.9 Å². The summed E-state index contributed by atoms with van der Waals surface area (Å²) in [5.74, 6) is 0.112. The second-order valence-corrected chi connectivity index (χ2v) is 4.54. The summed E-state index contributed by atoms with van der Waals surface area (Å²) in [7, 11) is 0. The molecule has 6 nitrogen and oxygen atoms in total. The highest BCUT2D eigenvalue weighted by Crippen LogP contribution is 2.29. The number of anilines is 1. The van der Waals surface area contributed by atoms with E-state index in [-0.39, 0.29) is 17.5 Å².